The smallest absolute Gasteiger partial charge is 0.225 e. The summed E-state index contributed by atoms with van der Waals surface area (Å²) < 4.78 is 0. The molecule has 0 aromatic heterocycles. The third kappa shape index (κ3) is 3.08. The molecule has 0 aliphatic heterocycles. The van der Waals surface area contributed by atoms with Gasteiger partial charge in [0.1, 0.15) is 0 Å². The third-order valence-electron chi connectivity index (χ3n) is 1.07. The van der Waals surface area contributed by atoms with Crippen molar-refractivity contribution in [1.29, 1.82) is 0 Å². The molecular formula is C6H13NO2. The van der Waals surface area contributed by atoms with Crippen LogP contribution in [0.3, 0.4) is 0 Å². The maximum absolute atomic E-state index is 10.7. The number of carbonyl (C=O) groups is 1. The summed E-state index contributed by atoms with van der Waals surface area (Å²) >= 11 is 0. The monoisotopic (exact) mass is 131 g/mol. The third-order valence-corrected chi connectivity index (χ3v) is 1.07. The lowest BCUT2D eigenvalue weighted by Crippen LogP contribution is -2.30. The van der Waals surface area contributed by atoms with Gasteiger partial charge in [0.15, 0.2) is 0 Å². The highest BCUT2D eigenvalue weighted by Gasteiger charge is 2.08. The molecule has 3 heteroatoms. The summed E-state index contributed by atoms with van der Waals surface area (Å²) in [4.78, 5) is 10.7. The molecule has 0 rings (SSSR count). The van der Waals surface area contributed by atoms with Gasteiger partial charge >= 0.3 is 0 Å². The van der Waals surface area contributed by atoms with Crippen molar-refractivity contribution < 1.29 is 9.90 Å². The first-order valence-electron chi connectivity index (χ1n) is 3.11. The van der Waals surface area contributed by atoms with Crippen LogP contribution in [0.25, 0.3) is 0 Å². The van der Waals surface area contributed by atoms with Crippen LogP contribution in [0.4, 0.5) is 0 Å². The molecule has 0 aromatic carbocycles. The van der Waals surface area contributed by atoms with E-state index in [0.717, 1.165) is 0 Å². The van der Waals surface area contributed by atoms with Gasteiger partial charge < -0.3 is 10.4 Å². The number of nitrogens with one attached hydrogen (secondary N) is 1. The largest absolute Gasteiger partial charge is 0.396 e. The molecule has 1 amide bonds. The van der Waals surface area contributed by atoms with E-state index in [1.54, 1.807) is 6.92 Å². The van der Waals surface area contributed by atoms with E-state index in [1.165, 1.54) is 0 Å². The maximum atomic E-state index is 10.7. The highest BCUT2D eigenvalue weighted by atomic mass is 16.3. The average Bonchev–Trinajstić information content (AvgIpc) is 1.87. The fourth-order valence-corrected chi connectivity index (χ4v) is 0.431. The molecule has 0 saturated heterocycles. The number of carbonyl (C=O) groups excluding carboxylic acids is 1. The highest BCUT2D eigenvalue weighted by molar-refractivity contribution is 5.78. The maximum Gasteiger partial charge on any atom is 0.225 e. The second-order valence-electron chi connectivity index (χ2n) is 1.98. The minimum absolute atomic E-state index is 0.0775. The molecule has 0 radical (unpaired) electrons. The van der Waals surface area contributed by atoms with Gasteiger partial charge in [-0.3, -0.25) is 4.79 Å². The van der Waals surface area contributed by atoms with Crippen LogP contribution in [0, 0.1) is 5.92 Å². The first-order chi connectivity index (χ1) is 4.22. The van der Waals surface area contributed by atoms with Gasteiger partial charge in [-0.1, -0.05) is 6.92 Å². The summed E-state index contributed by atoms with van der Waals surface area (Å²) in [6.07, 6.45) is 0. The normalized spacial score (nSPS) is 12.8. The lowest BCUT2D eigenvalue weighted by molar-refractivity contribution is -0.125. The van der Waals surface area contributed by atoms with Crippen molar-refractivity contribution in [1.82, 2.24) is 5.32 Å². The molecule has 0 fully saturated rings. The van der Waals surface area contributed by atoms with E-state index in [1.807, 2.05) is 6.92 Å². The zero-order valence-electron chi connectivity index (χ0n) is 5.85. The van der Waals surface area contributed by atoms with Crippen molar-refractivity contribution in [3.63, 3.8) is 0 Å². The number of aliphatic hydroxyl groups is 1. The minimum Gasteiger partial charge on any atom is -0.396 e. The molecule has 1 unspecified atom stereocenters. The Bertz CT molecular complexity index is 93.1. The number of aliphatic hydroxyl groups excluding tert-OH is 1. The van der Waals surface area contributed by atoms with Crippen LogP contribution in [0.1, 0.15) is 13.8 Å². The quantitative estimate of drug-likeness (QED) is 0.555. The van der Waals surface area contributed by atoms with Gasteiger partial charge in [0.25, 0.3) is 0 Å². The predicted molar refractivity (Wildman–Crippen MR) is 34.9 cm³/mol. The zero-order chi connectivity index (χ0) is 7.28. The molecule has 3 nitrogen and oxygen atoms in total. The van der Waals surface area contributed by atoms with Gasteiger partial charge in [-0.2, -0.15) is 0 Å². The van der Waals surface area contributed by atoms with Crippen LogP contribution in [0.2, 0.25) is 0 Å². The van der Waals surface area contributed by atoms with Crippen LogP contribution in [0.5, 0.6) is 0 Å². The van der Waals surface area contributed by atoms with Crippen molar-refractivity contribution in [2.75, 3.05) is 13.2 Å². The van der Waals surface area contributed by atoms with Gasteiger partial charge in [0, 0.05) is 6.54 Å². The van der Waals surface area contributed by atoms with E-state index in [4.69, 9.17) is 5.11 Å². The second kappa shape index (κ2) is 4.32. The first kappa shape index (κ1) is 8.43. The standard InChI is InChI=1S/C6H13NO2/c1-3-7-6(9)5(2)4-8/h5,8H,3-4H2,1-2H3,(H,7,9). The van der Waals surface area contributed by atoms with Gasteiger partial charge in [-0.05, 0) is 6.92 Å². The Morgan fingerprint density at radius 1 is 1.78 bits per heavy atom. The van der Waals surface area contributed by atoms with E-state index in [9.17, 15) is 4.79 Å². The van der Waals surface area contributed by atoms with Crippen LogP contribution >= 0.6 is 0 Å². The fourth-order valence-electron chi connectivity index (χ4n) is 0.431. The average molecular weight is 131 g/mol. The summed E-state index contributed by atoms with van der Waals surface area (Å²) in [5.41, 5.74) is 0. The van der Waals surface area contributed by atoms with Crippen molar-refractivity contribution in [2.24, 2.45) is 5.92 Å². The molecule has 0 heterocycles. The first-order valence-corrected chi connectivity index (χ1v) is 3.11. The Labute approximate surface area is 55.1 Å². The second-order valence-corrected chi connectivity index (χ2v) is 1.98. The Balaban J connectivity index is 3.46. The van der Waals surface area contributed by atoms with Crippen LogP contribution in [0.15, 0.2) is 0 Å². The fraction of sp³-hybridized carbons (Fsp3) is 0.833. The lowest BCUT2D eigenvalue weighted by atomic mass is 10.2. The van der Waals surface area contributed by atoms with E-state index in [0.29, 0.717) is 6.54 Å². The number of hydrogen-bond acceptors (Lipinski definition) is 2. The number of hydrogen-bond donors (Lipinski definition) is 2. The highest BCUT2D eigenvalue weighted by Crippen LogP contribution is 1.90. The Morgan fingerprint density at radius 2 is 2.33 bits per heavy atom. The van der Waals surface area contributed by atoms with Gasteiger partial charge in [0.2, 0.25) is 5.91 Å². The van der Waals surface area contributed by atoms with Gasteiger partial charge in [0.05, 0.1) is 12.5 Å². The van der Waals surface area contributed by atoms with Crippen molar-refractivity contribution >= 4 is 5.91 Å². The molecule has 0 saturated carbocycles. The molecule has 0 aliphatic rings. The van der Waals surface area contributed by atoms with Crippen LogP contribution < -0.4 is 5.32 Å². The Morgan fingerprint density at radius 3 is 2.67 bits per heavy atom. The number of amides is 1. The molecule has 0 spiro atoms. The van der Waals surface area contributed by atoms with Crippen molar-refractivity contribution in [3.8, 4) is 0 Å². The topological polar surface area (TPSA) is 49.3 Å². The van der Waals surface area contributed by atoms with Crippen LogP contribution in [-0.2, 0) is 4.79 Å². The predicted octanol–water partition coefficient (Wildman–Crippen LogP) is -0.249. The van der Waals surface area contributed by atoms with Gasteiger partial charge in [-0.25, -0.2) is 0 Å². The molecule has 0 aliphatic carbocycles. The van der Waals surface area contributed by atoms with E-state index in [2.05, 4.69) is 5.32 Å². The van der Waals surface area contributed by atoms with Crippen molar-refractivity contribution in [2.45, 2.75) is 13.8 Å². The van der Waals surface area contributed by atoms with E-state index < -0.39 is 0 Å². The van der Waals surface area contributed by atoms with Gasteiger partial charge in [-0.15, -0.1) is 0 Å². The molecule has 0 aromatic rings. The Kier molecular flexibility index (Phi) is 4.05. The molecule has 1 atom stereocenters. The number of rotatable bonds is 3. The molecule has 54 valence electrons. The summed E-state index contributed by atoms with van der Waals surface area (Å²) in [7, 11) is 0. The zero-order valence-corrected chi connectivity index (χ0v) is 5.85. The van der Waals surface area contributed by atoms with E-state index >= 15 is 0 Å². The SMILES string of the molecule is CCNC(=O)C(C)CO. The summed E-state index contributed by atoms with van der Waals surface area (Å²) in [5, 5.41) is 11.1. The summed E-state index contributed by atoms with van der Waals surface area (Å²) in [5.74, 6) is -0.357. The van der Waals surface area contributed by atoms with Crippen LogP contribution in [-0.4, -0.2) is 24.2 Å². The molecule has 2 N–H and O–H groups in total. The molecule has 0 bridgehead atoms. The van der Waals surface area contributed by atoms with E-state index in [-0.39, 0.29) is 18.4 Å². The lowest BCUT2D eigenvalue weighted by Gasteiger charge is -2.05. The summed E-state index contributed by atoms with van der Waals surface area (Å²) in [6, 6.07) is 0. The molecule has 9 heavy (non-hydrogen) atoms. The summed E-state index contributed by atoms with van der Waals surface area (Å²) in [6.45, 7) is 4.09. The Hall–Kier alpha value is -0.570. The molecular weight excluding hydrogens is 118 g/mol. The minimum atomic E-state index is -0.273. The van der Waals surface area contributed by atoms with Crippen molar-refractivity contribution in [3.05, 3.63) is 0 Å².